The molecule has 0 atom stereocenters. The van der Waals surface area contributed by atoms with Crippen LogP contribution in [0, 0.1) is 0 Å². The SMILES string of the molecule is c1ccc(-n2c3ccc(-c4cccc(-c5ccc6ccccc6c5)c4)cc3c3cc(-c4cccc(-c5ccc6ccccc6c5)c4)ccc32)cc1. The second-order valence-electron chi connectivity index (χ2n) is 13.4. The van der Waals surface area contributed by atoms with Crippen molar-refractivity contribution in [2.24, 2.45) is 0 Å². The summed E-state index contributed by atoms with van der Waals surface area (Å²) < 4.78 is 2.40. The highest BCUT2D eigenvalue weighted by Gasteiger charge is 2.15. The molecule has 0 bridgehead atoms. The van der Waals surface area contributed by atoms with E-state index in [0.29, 0.717) is 0 Å². The highest BCUT2D eigenvalue weighted by molar-refractivity contribution is 6.11. The monoisotopic (exact) mass is 647 g/mol. The zero-order valence-electron chi connectivity index (χ0n) is 28.0. The molecule has 0 unspecified atom stereocenters. The largest absolute Gasteiger partial charge is 0.309 e. The minimum atomic E-state index is 1.16. The Hall–Kier alpha value is -6.70. The van der Waals surface area contributed by atoms with Gasteiger partial charge in [0, 0.05) is 16.5 Å². The molecule has 1 nitrogen and oxygen atoms in total. The van der Waals surface area contributed by atoms with E-state index in [2.05, 4.69) is 205 Å². The summed E-state index contributed by atoms with van der Waals surface area (Å²) in [7, 11) is 0. The van der Waals surface area contributed by atoms with Crippen LogP contribution in [-0.2, 0) is 0 Å². The van der Waals surface area contributed by atoms with Crippen LogP contribution in [0.3, 0.4) is 0 Å². The number of nitrogens with zero attached hydrogens (tertiary/aromatic N) is 1. The van der Waals surface area contributed by atoms with Gasteiger partial charge in [0.15, 0.2) is 0 Å². The summed E-state index contributed by atoms with van der Waals surface area (Å²) in [4.78, 5) is 0. The van der Waals surface area contributed by atoms with E-state index >= 15 is 0 Å². The van der Waals surface area contributed by atoms with Gasteiger partial charge in [-0.1, -0.05) is 140 Å². The highest BCUT2D eigenvalue weighted by Crippen LogP contribution is 2.38. The van der Waals surface area contributed by atoms with Crippen LogP contribution in [-0.4, -0.2) is 4.57 Å². The Morgan fingerprint density at radius 1 is 0.235 bits per heavy atom. The van der Waals surface area contributed by atoms with E-state index in [4.69, 9.17) is 0 Å². The first kappa shape index (κ1) is 29.2. The number of rotatable bonds is 5. The van der Waals surface area contributed by atoms with E-state index in [9.17, 15) is 0 Å². The summed E-state index contributed by atoms with van der Waals surface area (Å²) in [5, 5.41) is 7.53. The van der Waals surface area contributed by atoms with Gasteiger partial charge in [0.1, 0.15) is 0 Å². The summed E-state index contributed by atoms with van der Waals surface area (Å²) in [6.45, 7) is 0. The van der Waals surface area contributed by atoms with Crippen LogP contribution in [0.25, 0.3) is 93.5 Å². The van der Waals surface area contributed by atoms with Gasteiger partial charge in [-0.3, -0.25) is 0 Å². The Balaban J connectivity index is 1.11. The molecule has 238 valence electrons. The van der Waals surface area contributed by atoms with Crippen LogP contribution in [0.1, 0.15) is 0 Å². The van der Waals surface area contributed by atoms with E-state index in [-0.39, 0.29) is 0 Å². The van der Waals surface area contributed by atoms with Gasteiger partial charge in [0.25, 0.3) is 0 Å². The number of fused-ring (bicyclic) bond motifs is 5. The zero-order valence-corrected chi connectivity index (χ0v) is 28.0. The van der Waals surface area contributed by atoms with Gasteiger partial charge >= 0.3 is 0 Å². The second-order valence-corrected chi connectivity index (χ2v) is 13.4. The number of hydrogen-bond acceptors (Lipinski definition) is 0. The molecule has 10 rings (SSSR count). The average molecular weight is 648 g/mol. The van der Waals surface area contributed by atoms with Crippen molar-refractivity contribution < 1.29 is 0 Å². The van der Waals surface area contributed by atoms with Crippen molar-refractivity contribution in [1.82, 2.24) is 4.57 Å². The molecular formula is C50H33N. The normalized spacial score (nSPS) is 11.5. The lowest BCUT2D eigenvalue weighted by Crippen LogP contribution is -1.93. The van der Waals surface area contributed by atoms with Crippen LogP contribution in [0.5, 0.6) is 0 Å². The number of benzene rings is 9. The summed E-state index contributed by atoms with van der Waals surface area (Å²) >= 11 is 0. The summed E-state index contributed by atoms with van der Waals surface area (Å²) in [6.07, 6.45) is 0. The van der Waals surface area contributed by atoms with Gasteiger partial charge in [-0.05, 0) is 127 Å². The summed E-state index contributed by atoms with van der Waals surface area (Å²) in [5.74, 6) is 0. The third-order valence-electron chi connectivity index (χ3n) is 10.3. The first-order chi connectivity index (χ1) is 25.2. The molecule has 0 fully saturated rings. The predicted molar refractivity (Wildman–Crippen MR) is 218 cm³/mol. The maximum Gasteiger partial charge on any atom is 0.0541 e. The van der Waals surface area contributed by atoms with Gasteiger partial charge in [0.2, 0.25) is 0 Å². The standard InChI is InChI=1S/C50H33N/c1-2-18-46(19-3-1)51-49-26-24-44(40-16-8-14-38(30-40)42-22-20-34-10-4-6-12-36(34)28-42)32-47(49)48-33-45(25-27-50(48)51)41-17-9-15-39(31-41)43-23-21-35-11-5-7-13-37(35)29-43/h1-33H. The summed E-state index contributed by atoms with van der Waals surface area (Å²) in [5.41, 5.74) is 13.3. The molecule has 1 aromatic heterocycles. The Morgan fingerprint density at radius 3 is 1.08 bits per heavy atom. The third-order valence-corrected chi connectivity index (χ3v) is 10.3. The van der Waals surface area contributed by atoms with Gasteiger partial charge in [-0.15, -0.1) is 0 Å². The van der Waals surface area contributed by atoms with E-state index in [0.717, 1.165) is 5.69 Å². The fourth-order valence-electron chi connectivity index (χ4n) is 7.73. The smallest absolute Gasteiger partial charge is 0.0541 e. The first-order valence-electron chi connectivity index (χ1n) is 17.6. The van der Waals surface area contributed by atoms with Crippen LogP contribution in [0.2, 0.25) is 0 Å². The Morgan fingerprint density at radius 2 is 0.608 bits per heavy atom. The molecule has 0 aliphatic heterocycles. The second kappa shape index (κ2) is 12.0. The fraction of sp³-hybridized carbons (Fsp3) is 0. The van der Waals surface area contributed by atoms with E-state index in [1.807, 2.05) is 0 Å². The Labute approximate surface area is 297 Å². The minimum Gasteiger partial charge on any atom is -0.309 e. The zero-order chi connectivity index (χ0) is 33.7. The maximum absolute atomic E-state index is 2.40. The number of para-hydroxylation sites is 1. The number of aromatic nitrogens is 1. The average Bonchev–Trinajstić information content (AvgIpc) is 3.54. The van der Waals surface area contributed by atoms with Gasteiger partial charge < -0.3 is 4.57 Å². The molecular weight excluding hydrogens is 615 g/mol. The van der Waals surface area contributed by atoms with Crippen LogP contribution in [0.4, 0.5) is 0 Å². The molecule has 9 aromatic carbocycles. The van der Waals surface area contributed by atoms with Crippen molar-refractivity contribution >= 4 is 43.4 Å². The first-order valence-corrected chi connectivity index (χ1v) is 17.6. The van der Waals surface area contributed by atoms with Gasteiger partial charge in [-0.2, -0.15) is 0 Å². The van der Waals surface area contributed by atoms with Crippen molar-refractivity contribution in [2.75, 3.05) is 0 Å². The molecule has 0 saturated carbocycles. The quantitative estimate of drug-likeness (QED) is 0.175. The molecule has 0 saturated heterocycles. The topological polar surface area (TPSA) is 4.93 Å². The molecule has 0 aliphatic carbocycles. The molecule has 51 heavy (non-hydrogen) atoms. The molecule has 1 heteroatoms. The lowest BCUT2D eigenvalue weighted by Gasteiger charge is -2.10. The lowest BCUT2D eigenvalue weighted by atomic mass is 9.95. The minimum absolute atomic E-state index is 1.16. The molecule has 0 amide bonds. The van der Waals surface area contributed by atoms with Crippen LogP contribution < -0.4 is 0 Å². The summed E-state index contributed by atoms with van der Waals surface area (Å²) in [6, 6.07) is 73.1. The van der Waals surface area contributed by atoms with E-state index in [1.54, 1.807) is 0 Å². The lowest BCUT2D eigenvalue weighted by molar-refractivity contribution is 1.18. The Kier molecular flexibility index (Phi) is 6.89. The fourth-order valence-corrected chi connectivity index (χ4v) is 7.73. The van der Waals surface area contributed by atoms with Crippen molar-refractivity contribution in [3.8, 4) is 50.2 Å². The van der Waals surface area contributed by atoms with Crippen LogP contribution >= 0.6 is 0 Å². The molecule has 0 N–H and O–H groups in total. The van der Waals surface area contributed by atoms with E-state index < -0.39 is 0 Å². The van der Waals surface area contributed by atoms with E-state index in [1.165, 1.54) is 87.9 Å². The van der Waals surface area contributed by atoms with Gasteiger partial charge in [0.05, 0.1) is 11.0 Å². The van der Waals surface area contributed by atoms with Crippen molar-refractivity contribution in [3.63, 3.8) is 0 Å². The maximum atomic E-state index is 2.40. The Bertz CT molecular complexity index is 2730. The highest BCUT2D eigenvalue weighted by atomic mass is 15.0. The van der Waals surface area contributed by atoms with Gasteiger partial charge in [-0.25, -0.2) is 0 Å². The van der Waals surface area contributed by atoms with Crippen LogP contribution in [0.15, 0.2) is 200 Å². The molecule has 1 heterocycles. The molecule has 10 aromatic rings. The predicted octanol–water partition coefficient (Wildman–Crippen LogP) is 13.8. The third kappa shape index (κ3) is 5.19. The van der Waals surface area contributed by atoms with Crippen molar-refractivity contribution in [1.29, 1.82) is 0 Å². The van der Waals surface area contributed by atoms with Crippen molar-refractivity contribution in [2.45, 2.75) is 0 Å². The molecule has 0 aliphatic rings. The molecule has 0 radical (unpaired) electrons. The number of hydrogen-bond donors (Lipinski definition) is 0. The van der Waals surface area contributed by atoms with Crippen molar-refractivity contribution in [3.05, 3.63) is 200 Å². The molecule has 0 spiro atoms.